The summed E-state index contributed by atoms with van der Waals surface area (Å²) in [4.78, 5) is 37.6. The number of carbonyl (C=O) groups excluding carboxylic acids is 3. The molecule has 0 atom stereocenters. The summed E-state index contributed by atoms with van der Waals surface area (Å²) in [6, 6.07) is 13.6. The smallest absolute Gasteiger partial charge is 0.251 e. The minimum Gasteiger partial charge on any atom is -0.343 e. The van der Waals surface area contributed by atoms with Crippen molar-refractivity contribution in [2.24, 2.45) is 0 Å². The highest BCUT2D eigenvalue weighted by molar-refractivity contribution is 6.31. The van der Waals surface area contributed by atoms with Crippen LogP contribution >= 0.6 is 11.6 Å². The molecule has 2 aromatic rings. The van der Waals surface area contributed by atoms with Crippen molar-refractivity contribution < 1.29 is 14.4 Å². The van der Waals surface area contributed by atoms with Crippen molar-refractivity contribution in [2.45, 2.75) is 12.8 Å². The highest BCUT2D eigenvalue weighted by Gasteiger charge is 2.21. The summed E-state index contributed by atoms with van der Waals surface area (Å²) in [5.74, 6) is -0.647. The lowest BCUT2D eigenvalue weighted by atomic mass is 10.2. The molecule has 0 aromatic heterocycles. The maximum absolute atomic E-state index is 12.1. The number of hydrogen-bond acceptors (Lipinski definition) is 3. The predicted molar refractivity (Wildman–Crippen MR) is 100 cm³/mol. The third-order valence-electron chi connectivity index (χ3n) is 4.01. The van der Waals surface area contributed by atoms with Gasteiger partial charge in [0.1, 0.15) is 0 Å². The standard InChI is InChI=1S/C19H18ClN3O3/c20-14-5-1-4-13(10-14)19(26)21-12-17(24)22-15-6-2-7-16(11-15)23-9-3-8-18(23)25/h1-2,4-7,10-11H,3,8-9,12H2,(H,21,26)(H,22,24). The van der Waals surface area contributed by atoms with Crippen LogP contribution in [-0.2, 0) is 9.59 Å². The van der Waals surface area contributed by atoms with Crippen molar-refractivity contribution in [3.8, 4) is 0 Å². The Balaban J connectivity index is 1.56. The number of nitrogens with zero attached hydrogens (tertiary/aromatic N) is 1. The van der Waals surface area contributed by atoms with Crippen molar-refractivity contribution in [1.82, 2.24) is 5.32 Å². The number of nitrogens with one attached hydrogen (secondary N) is 2. The van der Waals surface area contributed by atoms with Gasteiger partial charge in [-0.05, 0) is 42.8 Å². The third-order valence-corrected chi connectivity index (χ3v) is 4.25. The van der Waals surface area contributed by atoms with E-state index in [1.54, 1.807) is 41.3 Å². The van der Waals surface area contributed by atoms with Crippen molar-refractivity contribution in [2.75, 3.05) is 23.3 Å². The first-order valence-electron chi connectivity index (χ1n) is 8.27. The Labute approximate surface area is 156 Å². The molecule has 26 heavy (non-hydrogen) atoms. The fourth-order valence-electron chi connectivity index (χ4n) is 2.77. The zero-order valence-electron chi connectivity index (χ0n) is 14.0. The number of benzene rings is 2. The summed E-state index contributed by atoms with van der Waals surface area (Å²) in [6.07, 6.45) is 1.39. The number of anilines is 2. The number of hydrogen-bond donors (Lipinski definition) is 2. The maximum atomic E-state index is 12.1. The monoisotopic (exact) mass is 371 g/mol. The first-order valence-corrected chi connectivity index (χ1v) is 8.65. The molecule has 1 aliphatic heterocycles. The number of carbonyl (C=O) groups is 3. The molecule has 1 saturated heterocycles. The normalized spacial score (nSPS) is 13.6. The van der Waals surface area contributed by atoms with E-state index in [1.165, 1.54) is 6.07 Å². The van der Waals surface area contributed by atoms with Crippen LogP contribution in [0.25, 0.3) is 0 Å². The second-order valence-electron chi connectivity index (χ2n) is 5.94. The first kappa shape index (κ1) is 17.9. The van der Waals surface area contributed by atoms with Crippen molar-refractivity contribution in [3.63, 3.8) is 0 Å². The fraction of sp³-hybridized carbons (Fsp3) is 0.211. The van der Waals surface area contributed by atoms with E-state index in [0.717, 1.165) is 12.1 Å². The van der Waals surface area contributed by atoms with E-state index in [9.17, 15) is 14.4 Å². The van der Waals surface area contributed by atoms with E-state index in [0.29, 0.717) is 29.2 Å². The maximum Gasteiger partial charge on any atom is 0.251 e. The molecule has 1 fully saturated rings. The second kappa shape index (κ2) is 8.01. The van der Waals surface area contributed by atoms with E-state index in [2.05, 4.69) is 10.6 Å². The minimum absolute atomic E-state index is 0.0854. The first-order chi connectivity index (χ1) is 12.5. The SMILES string of the molecule is O=C(CNC(=O)c1cccc(Cl)c1)Nc1cccc(N2CCCC2=O)c1. The van der Waals surface area contributed by atoms with Gasteiger partial charge in [0.2, 0.25) is 11.8 Å². The topological polar surface area (TPSA) is 78.5 Å². The van der Waals surface area contributed by atoms with E-state index in [-0.39, 0.29) is 24.3 Å². The Morgan fingerprint density at radius 3 is 2.65 bits per heavy atom. The summed E-state index contributed by atoms with van der Waals surface area (Å²) in [5.41, 5.74) is 1.72. The second-order valence-corrected chi connectivity index (χ2v) is 6.38. The molecular formula is C19H18ClN3O3. The number of halogens is 1. The Morgan fingerprint density at radius 2 is 1.92 bits per heavy atom. The van der Waals surface area contributed by atoms with E-state index >= 15 is 0 Å². The van der Waals surface area contributed by atoms with Crippen LogP contribution in [0.5, 0.6) is 0 Å². The molecule has 0 bridgehead atoms. The molecule has 3 amide bonds. The molecule has 0 aliphatic carbocycles. The van der Waals surface area contributed by atoms with Gasteiger partial charge in [-0.2, -0.15) is 0 Å². The lowest BCUT2D eigenvalue weighted by Crippen LogP contribution is -2.32. The fourth-order valence-corrected chi connectivity index (χ4v) is 2.96. The molecule has 1 heterocycles. The summed E-state index contributed by atoms with van der Waals surface area (Å²) in [5, 5.41) is 5.72. The van der Waals surface area contributed by atoms with Crippen LogP contribution in [0, 0.1) is 0 Å². The predicted octanol–water partition coefficient (Wildman–Crippen LogP) is 2.84. The van der Waals surface area contributed by atoms with Crippen molar-refractivity contribution in [1.29, 1.82) is 0 Å². The van der Waals surface area contributed by atoms with Gasteiger partial charge in [0.15, 0.2) is 0 Å². The quantitative estimate of drug-likeness (QED) is 0.848. The van der Waals surface area contributed by atoms with Gasteiger partial charge in [-0.25, -0.2) is 0 Å². The molecule has 3 rings (SSSR count). The van der Waals surface area contributed by atoms with Crippen molar-refractivity contribution >= 4 is 40.7 Å². The molecule has 2 aromatic carbocycles. The van der Waals surface area contributed by atoms with Crippen LogP contribution in [0.2, 0.25) is 5.02 Å². The van der Waals surface area contributed by atoms with Gasteiger partial charge in [0.25, 0.3) is 5.91 Å². The summed E-state index contributed by atoms with van der Waals surface area (Å²) in [7, 11) is 0. The molecular weight excluding hydrogens is 354 g/mol. The van der Waals surface area contributed by atoms with Gasteiger partial charge in [-0.1, -0.05) is 23.7 Å². The molecule has 134 valence electrons. The molecule has 0 unspecified atom stereocenters. The highest BCUT2D eigenvalue weighted by atomic mass is 35.5. The lowest BCUT2D eigenvalue weighted by Gasteiger charge is -2.16. The number of amides is 3. The highest BCUT2D eigenvalue weighted by Crippen LogP contribution is 2.24. The average molecular weight is 372 g/mol. The van der Waals surface area contributed by atoms with Crippen LogP contribution in [-0.4, -0.2) is 30.8 Å². The summed E-state index contributed by atoms with van der Waals surface area (Å²) >= 11 is 5.85. The van der Waals surface area contributed by atoms with Crippen LogP contribution in [0.1, 0.15) is 23.2 Å². The Hall–Kier alpha value is -2.86. The van der Waals surface area contributed by atoms with Gasteiger partial charge in [0.05, 0.1) is 6.54 Å². The molecule has 7 heteroatoms. The van der Waals surface area contributed by atoms with Crippen LogP contribution in [0.3, 0.4) is 0 Å². The van der Waals surface area contributed by atoms with Crippen LogP contribution in [0.15, 0.2) is 48.5 Å². The van der Waals surface area contributed by atoms with Crippen LogP contribution < -0.4 is 15.5 Å². The molecule has 0 saturated carbocycles. The zero-order chi connectivity index (χ0) is 18.5. The van der Waals surface area contributed by atoms with Crippen molar-refractivity contribution in [3.05, 3.63) is 59.1 Å². The third kappa shape index (κ3) is 4.40. The van der Waals surface area contributed by atoms with E-state index in [4.69, 9.17) is 11.6 Å². The lowest BCUT2D eigenvalue weighted by molar-refractivity contribution is -0.117. The van der Waals surface area contributed by atoms with Crippen LogP contribution in [0.4, 0.5) is 11.4 Å². The van der Waals surface area contributed by atoms with E-state index in [1.807, 2.05) is 6.07 Å². The molecule has 2 N–H and O–H groups in total. The van der Waals surface area contributed by atoms with Gasteiger partial charge in [0, 0.05) is 34.9 Å². The summed E-state index contributed by atoms with van der Waals surface area (Å²) < 4.78 is 0. The summed E-state index contributed by atoms with van der Waals surface area (Å²) in [6.45, 7) is 0.518. The van der Waals surface area contributed by atoms with Gasteiger partial charge < -0.3 is 15.5 Å². The largest absolute Gasteiger partial charge is 0.343 e. The molecule has 6 nitrogen and oxygen atoms in total. The van der Waals surface area contributed by atoms with Gasteiger partial charge >= 0.3 is 0 Å². The minimum atomic E-state index is -0.376. The molecule has 1 aliphatic rings. The molecule has 0 radical (unpaired) electrons. The zero-order valence-corrected chi connectivity index (χ0v) is 14.8. The average Bonchev–Trinajstić information content (AvgIpc) is 3.06. The van der Waals surface area contributed by atoms with E-state index < -0.39 is 0 Å². The Bertz CT molecular complexity index is 853. The number of rotatable bonds is 5. The van der Waals surface area contributed by atoms with Gasteiger partial charge in [-0.15, -0.1) is 0 Å². The molecule has 0 spiro atoms. The Morgan fingerprint density at radius 1 is 1.12 bits per heavy atom. The Kier molecular flexibility index (Phi) is 5.53. The van der Waals surface area contributed by atoms with Gasteiger partial charge in [-0.3, -0.25) is 14.4 Å².